The number of piperazine rings is 1. The van der Waals surface area contributed by atoms with E-state index in [4.69, 9.17) is 9.84 Å². The Morgan fingerprint density at radius 2 is 1.89 bits per heavy atom. The molecule has 2 saturated heterocycles. The molecule has 0 unspecified atom stereocenters. The molecule has 2 aliphatic rings. The number of likely N-dealkylation sites (tertiary alicyclic amines) is 1. The van der Waals surface area contributed by atoms with Crippen molar-refractivity contribution in [3.8, 4) is 17.0 Å². The van der Waals surface area contributed by atoms with E-state index in [1.807, 2.05) is 4.90 Å². The molecule has 0 aliphatic carbocycles. The molecule has 0 spiro atoms. The van der Waals surface area contributed by atoms with Crippen molar-refractivity contribution in [2.24, 2.45) is 0 Å². The lowest BCUT2D eigenvalue weighted by atomic mass is 10.1. The highest BCUT2D eigenvalue weighted by Gasteiger charge is 2.32. The van der Waals surface area contributed by atoms with Gasteiger partial charge in [-0.15, -0.1) is 0 Å². The van der Waals surface area contributed by atoms with Crippen LogP contribution in [0.4, 0.5) is 24.1 Å². The number of carboxylic acids is 1. The molecule has 3 aromatic rings. The maximum atomic E-state index is 13.7. The Labute approximate surface area is 256 Å². The van der Waals surface area contributed by atoms with Gasteiger partial charge in [0.2, 0.25) is 0 Å². The zero-order chi connectivity index (χ0) is 31.4. The number of nitrogens with zero attached hydrogens (tertiary/aromatic N) is 6. The van der Waals surface area contributed by atoms with Gasteiger partial charge < -0.3 is 14.7 Å². The molecule has 1 atom stereocenters. The SMILES string of the molecule is COc1cc(-c2nc(NC(=O)c3cnc(N4CCN(CCC(=O)O)CC4)cn3)sc2CN2CCC[C@H]2C)cc(C(F)(F)F)c1. The number of thiazole rings is 1. The van der Waals surface area contributed by atoms with Crippen molar-refractivity contribution in [2.75, 3.05) is 56.6 Å². The van der Waals surface area contributed by atoms with Crippen molar-refractivity contribution < 1.29 is 32.6 Å². The minimum Gasteiger partial charge on any atom is -0.497 e. The Morgan fingerprint density at radius 1 is 1.11 bits per heavy atom. The fraction of sp³-hybridized carbons (Fsp3) is 0.483. The molecule has 2 aromatic heterocycles. The summed E-state index contributed by atoms with van der Waals surface area (Å²) in [5, 5.41) is 11.9. The van der Waals surface area contributed by atoms with Gasteiger partial charge in [0.15, 0.2) is 5.13 Å². The summed E-state index contributed by atoms with van der Waals surface area (Å²) < 4.78 is 46.2. The van der Waals surface area contributed by atoms with E-state index in [0.717, 1.165) is 36.4 Å². The summed E-state index contributed by atoms with van der Waals surface area (Å²) in [5.41, 5.74) is -0.163. The average Bonchev–Trinajstić information content (AvgIpc) is 3.60. The van der Waals surface area contributed by atoms with Crippen LogP contribution < -0.4 is 15.0 Å². The van der Waals surface area contributed by atoms with E-state index in [-0.39, 0.29) is 28.6 Å². The zero-order valence-electron chi connectivity index (χ0n) is 24.4. The third-order valence-corrected chi connectivity index (χ3v) is 8.86. The highest BCUT2D eigenvalue weighted by Crippen LogP contribution is 2.39. The van der Waals surface area contributed by atoms with Crippen LogP contribution in [0.15, 0.2) is 30.6 Å². The number of carbonyl (C=O) groups excluding carboxylic acids is 1. The Morgan fingerprint density at radius 3 is 2.50 bits per heavy atom. The number of hydrogen-bond acceptors (Lipinski definition) is 10. The van der Waals surface area contributed by atoms with E-state index in [1.54, 1.807) is 0 Å². The minimum absolute atomic E-state index is 0.0611. The number of aliphatic carboxylic acids is 1. The van der Waals surface area contributed by atoms with E-state index < -0.39 is 23.6 Å². The van der Waals surface area contributed by atoms with E-state index >= 15 is 0 Å². The van der Waals surface area contributed by atoms with Crippen LogP contribution in [-0.4, -0.2) is 94.2 Å². The van der Waals surface area contributed by atoms with Gasteiger partial charge in [-0.25, -0.2) is 15.0 Å². The van der Waals surface area contributed by atoms with Crippen LogP contribution in [0.5, 0.6) is 5.75 Å². The smallest absolute Gasteiger partial charge is 0.416 e. The second-order valence-electron chi connectivity index (χ2n) is 10.9. The van der Waals surface area contributed by atoms with Crippen molar-refractivity contribution in [3.05, 3.63) is 46.7 Å². The second kappa shape index (κ2) is 13.4. The van der Waals surface area contributed by atoms with Gasteiger partial charge in [-0.3, -0.25) is 24.7 Å². The number of ether oxygens (including phenoxy) is 1. The summed E-state index contributed by atoms with van der Waals surface area (Å²) in [7, 11) is 1.31. The molecule has 236 valence electrons. The maximum Gasteiger partial charge on any atom is 0.416 e. The summed E-state index contributed by atoms with van der Waals surface area (Å²) >= 11 is 1.22. The summed E-state index contributed by atoms with van der Waals surface area (Å²) in [5.74, 6) is -0.692. The van der Waals surface area contributed by atoms with Gasteiger partial charge in [-0.05, 0) is 44.5 Å². The summed E-state index contributed by atoms with van der Waals surface area (Å²) in [6, 6.07) is 3.84. The quantitative estimate of drug-likeness (QED) is 0.331. The maximum absolute atomic E-state index is 13.7. The molecule has 4 heterocycles. The lowest BCUT2D eigenvalue weighted by Crippen LogP contribution is -2.47. The van der Waals surface area contributed by atoms with Crippen LogP contribution in [-0.2, 0) is 17.5 Å². The first-order valence-corrected chi connectivity index (χ1v) is 15.1. The number of hydrogen-bond donors (Lipinski definition) is 2. The first-order chi connectivity index (χ1) is 21.0. The van der Waals surface area contributed by atoms with E-state index in [0.29, 0.717) is 56.8 Å². The van der Waals surface area contributed by atoms with Crippen LogP contribution in [0.25, 0.3) is 11.3 Å². The molecule has 0 bridgehead atoms. The first kappa shape index (κ1) is 31.6. The van der Waals surface area contributed by atoms with Gasteiger partial charge in [0.1, 0.15) is 17.3 Å². The summed E-state index contributed by atoms with van der Waals surface area (Å²) in [6.45, 7) is 6.66. The van der Waals surface area contributed by atoms with Crippen LogP contribution >= 0.6 is 11.3 Å². The van der Waals surface area contributed by atoms with E-state index in [1.165, 1.54) is 36.9 Å². The number of amides is 1. The summed E-state index contributed by atoms with van der Waals surface area (Å²) in [6.07, 6.45) is 0.482. The molecular weight excluding hydrogens is 599 g/mol. The van der Waals surface area contributed by atoms with E-state index in [2.05, 4.69) is 37.0 Å². The third kappa shape index (κ3) is 7.63. The standard InChI is InChI=1S/C29H34F3N7O4S/c1-18-4-3-6-39(18)17-23-26(19-12-20(29(30,31)32)14-21(13-19)43-2)35-28(44-23)36-27(42)22-15-34-24(16-33-22)38-10-8-37(9-11-38)7-5-25(40)41/h12-16,18H,3-11,17H2,1-2H3,(H,40,41)(H,35,36,42)/t18-/m1/s1. The highest BCUT2D eigenvalue weighted by molar-refractivity contribution is 7.16. The molecule has 0 saturated carbocycles. The number of benzene rings is 1. The Hall–Kier alpha value is -3.82. The normalized spacial score (nSPS) is 18.0. The molecular formula is C29H34F3N7O4S. The van der Waals surface area contributed by atoms with Gasteiger partial charge in [0.25, 0.3) is 5.91 Å². The predicted octanol–water partition coefficient (Wildman–Crippen LogP) is 4.46. The van der Waals surface area contributed by atoms with Crippen LogP contribution in [0.3, 0.4) is 0 Å². The zero-order valence-corrected chi connectivity index (χ0v) is 25.2. The number of anilines is 2. The molecule has 15 heteroatoms. The Bertz CT molecular complexity index is 1480. The molecule has 2 aliphatic heterocycles. The fourth-order valence-electron chi connectivity index (χ4n) is 5.38. The Balaban J connectivity index is 1.33. The van der Waals surface area contributed by atoms with Gasteiger partial charge in [0, 0.05) is 55.8 Å². The first-order valence-electron chi connectivity index (χ1n) is 14.3. The van der Waals surface area contributed by atoms with Gasteiger partial charge in [-0.1, -0.05) is 11.3 Å². The van der Waals surface area contributed by atoms with Crippen molar-refractivity contribution in [1.29, 1.82) is 0 Å². The number of rotatable bonds is 10. The molecule has 2 N–H and O–H groups in total. The number of halogens is 3. The van der Waals surface area contributed by atoms with Gasteiger partial charge >= 0.3 is 12.1 Å². The Kier molecular flexibility index (Phi) is 9.65. The monoisotopic (exact) mass is 633 g/mol. The van der Waals surface area contributed by atoms with Gasteiger partial charge in [-0.2, -0.15) is 13.2 Å². The summed E-state index contributed by atoms with van der Waals surface area (Å²) in [4.78, 5) is 44.3. The van der Waals surface area contributed by atoms with Crippen LogP contribution in [0.2, 0.25) is 0 Å². The average molecular weight is 634 g/mol. The molecule has 11 nitrogen and oxygen atoms in total. The number of carboxylic acid groups (broad SMARTS) is 1. The number of methoxy groups -OCH3 is 1. The van der Waals surface area contributed by atoms with Crippen LogP contribution in [0, 0.1) is 0 Å². The topological polar surface area (TPSA) is 124 Å². The number of aromatic nitrogens is 3. The van der Waals surface area contributed by atoms with Crippen molar-refractivity contribution >= 4 is 34.2 Å². The van der Waals surface area contributed by atoms with Crippen LogP contribution in [0.1, 0.15) is 47.1 Å². The predicted molar refractivity (Wildman–Crippen MR) is 159 cm³/mol. The number of carbonyl (C=O) groups is 2. The molecule has 1 amide bonds. The number of nitrogens with one attached hydrogen (secondary N) is 1. The highest BCUT2D eigenvalue weighted by atomic mass is 32.1. The molecule has 1 aromatic carbocycles. The molecule has 44 heavy (non-hydrogen) atoms. The van der Waals surface area contributed by atoms with Crippen molar-refractivity contribution in [1.82, 2.24) is 24.8 Å². The second-order valence-corrected chi connectivity index (χ2v) is 12.0. The lowest BCUT2D eigenvalue weighted by Gasteiger charge is -2.34. The fourth-order valence-corrected chi connectivity index (χ4v) is 6.39. The minimum atomic E-state index is -4.57. The van der Waals surface area contributed by atoms with Crippen molar-refractivity contribution in [2.45, 2.75) is 44.9 Å². The van der Waals surface area contributed by atoms with E-state index in [9.17, 15) is 22.8 Å². The molecule has 5 rings (SSSR count). The van der Waals surface area contributed by atoms with Gasteiger partial charge in [0.05, 0.1) is 37.2 Å². The lowest BCUT2D eigenvalue weighted by molar-refractivity contribution is -0.138. The molecule has 2 fully saturated rings. The molecule has 0 radical (unpaired) electrons. The van der Waals surface area contributed by atoms with Crippen molar-refractivity contribution in [3.63, 3.8) is 0 Å². The third-order valence-electron chi connectivity index (χ3n) is 7.91. The largest absolute Gasteiger partial charge is 0.497 e. The number of alkyl halides is 3.